The maximum absolute atomic E-state index is 4.66. The van der Waals surface area contributed by atoms with E-state index in [2.05, 4.69) is 40.6 Å². The summed E-state index contributed by atoms with van der Waals surface area (Å²) < 4.78 is 1.93. The van der Waals surface area contributed by atoms with Gasteiger partial charge in [0.15, 0.2) is 0 Å². The van der Waals surface area contributed by atoms with Crippen LogP contribution in [0, 0.1) is 6.92 Å². The molecule has 4 heteroatoms. The fourth-order valence-corrected chi connectivity index (χ4v) is 3.98. The average Bonchev–Trinajstić information content (AvgIpc) is 2.95. The van der Waals surface area contributed by atoms with Gasteiger partial charge in [-0.15, -0.1) is 11.3 Å². The standard InChI is InChI=1S/C16H23N3S/c1-13-8-11-20-16(13)12-19-9-5-3-4-6-15(19)14-7-10-18(2)17-14/h7-8,10-11,15H,3-6,9,12H2,1-2H3/t15-/m1/s1. The summed E-state index contributed by atoms with van der Waals surface area (Å²) in [5, 5.41) is 6.86. The molecule has 20 heavy (non-hydrogen) atoms. The third-order valence-electron chi connectivity index (χ3n) is 4.25. The van der Waals surface area contributed by atoms with Gasteiger partial charge in [0.1, 0.15) is 0 Å². The molecule has 3 heterocycles. The van der Waals surface area contributed by atoms with Crippen LogP contribution in [0.3, 0.4) is 0 Å². The van der Waals surface area contributed by atoms with Crippen LogP contribution in [0.2, 0.25) is 0 Å². The Hall–Kier alpha value is -1.13. The maximum Gasteiger partial charge on any atom is 0.0796 e. The minimum absolute atomic E-state index is 0.486. The van der Waals surface area contributed by atoms with Crippen molar-refractivity contribution in [2.45, 2.75) is 45.2 Å². The number of thiophene rings is 1. The van der Waals surface area contributed by atoms with Crippen molar-refractivity contribution in [3.63, 3.8) is 0 Å². The summed E-state index contributed by atoms with van der Waals surface area (Å²) in [6.07, 6.45) is 7.29. The summed E-state index contributed by atoms with van der Waals surface area (Å²) in [6, 6.07) is 4.90. The molecule has 0 saturated carbocycles. The van der Waals surface area contributed by atoms with Crippen LogP contribution in [-0.2, 0) is 13.6 Å². The zero-order valence-electron chi connectivity index (χ0n) is 12.4. The van der Waals surface area contributed by atoms with E-state index in [1.807, 2.05) is 23.1 Å². The molecule has 0 bridgehead atoms. The van der Waals surface area contributed by atoms with Gasteiger partial charge < -0.3 is 0 Å². The lowest BCUT2D eigenvalue weighted by molar-refractivity contribution is 0.189. The Bertz CT molecular complexity index is 558. The summed E-state index contributed by atoms with van der Waals surface area (Å²) in [6.45, 7) is 4.49. The van der Waals surface area contributed by atoms with Gasteiger partial charge >= 0.3 is 0 Å². The molecular weight excluding hydrogens is 266 g/mol. The summed E-state index contributed by atoms with van der Waals surface area (Å²) in [7, 11) is 2.01. The SMILES string of the molecule is Cc1ccsc1CN1CCCCC[C@@H]1c1ccn(C)n1. The minimum Gasteiger partial charge on any atom is -0.290 e. The molecule has 0 amide bonds. The third kappa shape index (κ3) is 2.96. The van der Waals surface area contributed by atoms with Crippen molar-refractivity contribution in [3.05, 3.63) is 39.8 Å². The van der Waals surface area contributed by atoms with Gasteiger partial charge in [0.2, 0.25) is 0 Å². The lowest BCUT2D eigenvalue weighted by atomic mass is 10.1. The molecule has 1 aliphatic heterocycles. The highest BCUT2D eigenvalue weighted by Crippen LogP contribution is 2.31. The van der Waals surface area contributed by atoms with E-state index in [1.54, 1.807) is 0 Å². The lowest BCUT2D eigenvalue weighted by Crippen LogP contribution is -2.28. The van der Waals surface area contributed by atoms with Crippen LogP contribution in [-0.4, -0.2) is 21.2 Å². The van der Waals surface area contributed by atoms with E-state index in [4.69, 9.17) is 0 Å². The molecule has 108 valence electrons. The van der Waals surface area contributed by atoms with Gasteiger partial charge in [-0.3, -0.25) is 9.58 Å². The summed E-state index contributed by atoms with van der Waals surface area (Å²) >= 11 is 1.89. The quantitative estimate of drug-likeness (QED) is 0.854. The molecule has 0 aliphatic carbocycles. The van der Waals surface area contributed by atoms with Gasteiger partial charge in [-0.2, -0.15) is 5.10 Å². The first kappa shape index (κ1) is 13.8. The second kappa shape index (κ2) is 6.10. The molecule has 1 aliphatic rings. The van der Waals surface area contributed by atoms with Crippen LogP contribution in [0.1, 0.15) is 47.9 Å². The van der Waals surface area contributed by atoms with Crippen LogP contribution in [0.5, 0.6) is 0 Å². The van der Waals surface area contributed by atoms with Crippen LogP contribution in [0.25, 0.3) is 0 Å². The Balaban J connectivity index is 1.82. The van der Waals surface area contributed by atoms with E-state index in [0.717, 1.165) is 6.54 Å². The third-order valence-corrected chi connectivity index (χ3v) is 5.26. The highest BCUT2D eigenvalue weighted by atomic mass is 32.1. The Morgan fingerprint density at radius 2 is 2.20 bits per heavy atom. The van der Waals surface area contributed by atoms with Crippen molar-refractivity contribution in [1.82, 2.24) is 14.7 Å². The van der Waals surface area contributed by atoms with Gasteiger partial charge in [0, 0.05) is 24.7 Å². The second-order valence-electron chi connectivity index (χ2n) is 5.78. The van der Waals surface area contributed by atoms with Gasteiger partial charge in [-0.25, -0.2) is 0 Å². The molecule has 2 aromatic heterocycles. The van der Waals surface area contributed by atoms with Crippen LogP contribution < -0.4 is 0 Å². The topological polar surface area (TPSA) is 21.1 Å². The van der Waals surface area contributed by atoms with Crippen molar-refractivity contribution < 1.29 is 0 Å². The number of hydrogen-bond donors (Lipinski definition) is 0. The predicted octanol–water partition coefficient (Wildman–Crippen LogP) is 3.91. The fraction of sp³-hybridized carbons (Fsp3) is 0.562. The zero-order chi connectivity index (χ0) is 13.9. The fourth-order valence-electron chi connectivity index (χ4n) is 3.05. The normalized spacial score (nSPS) is 21.0. The highest BCUT2D eigenvalue weighted by molar-refractivity contribution is 7.10. The Kier molecular flexibility index (Phi) is 4.22. The smallest absolute Gasteiger partial charge is 0.0796 e. The minimum atomic E-state index is 0.486. The van der Waals surface area contributed by atoms with E-state index in [-0.39, 0.29) is 0 Å². The molecule has 0 N–H and O–H groups in total. The summed E-state index contributed by atoms with van der Waals surface area (Å²) in [5.74, 6) is 0. The summed E-state index contributed by atoms with van der Waals surface area (Å²) in [5.41, 5.74) is 2.67. The molecule has 0 spiro atoms. The van der Waals surface area contributed by atoms with E-state index >= 15 is 0 Å². The van der Waals surface area contributed by atoms with Crippen molar-refractivity contribution in [2.24, 2.45) is 7.05 Å². The first-order valence-electron chi connectivity index (χ1n) is 7.50. The monoisotopic (exact) mass is 289 g/mol. The van der Waals surface area contributed by atoms with Crippen molar-refractivity contribution in [2.75, 3.05) is 6.54 Å². The van der Waals surface area contributed by atoms with Crippen molar-refractivity contribution in [3.8, 4) is 0 Å². The number of likely N-dealkylation sites (tertiary alicyclic amines) is 1. The zero-order valence-corrected chi connectivity index (χ0v) is 13.2. The predicted molar refractivity (Wildman–Crippen MR) is 83.9 cm³/mol. The number of hydrogen-bond acceptors (Lipinski definition) is 3. The van der Waals surface area contributed by atoms with E-state index in [0.29, 0.717) is 6.04 Å². The molecule has 3 rings (SSSR count). The van der Waals surface area contributed by atoms with E-state index in [9.17, 15) is 0 Å². The molecule has 2 aromatic rings. The van der Waals surface area contributed by atoms with Crippen LogP contribution in [0.15, 0.2) is 23.7 Å². The van der Waals surface area contributed by atoms with Gasteiger partial charge in [0.05, 0.1) is 11.7 Å². The lowest BCUT2D eigenvalue weighted by Gasteiger charge is -2.28. The molecule has 0 unspecified atom stereocenters. The number of aromatic nitrogens is 2. The second-order valence-corrected chi connectivity index (χ2v) is 6.78. The molecule has 0 aromatic carbocycles. The molecule has 1 atom stereocenters. The van der Waals surface area contributed by atoms with E-state index < -0.39 is 0 Å². The first-order chi connectivity index (χ1) is 9.74. The van der Waals surface area contributed by atoms with Gasteiger partial charge in [0.25, 0.3) is 0 Å². The molecule has 1 fully saturated rings. The number of nitrogens with zero attached hydrogens (tertiary/aromatic N) is 3. The Labute approximate surface area is 125 Å². The van der Waals surface area contributed by atoms with Crippen molar-refractivity contribution in [1.29, 1.82) is 0 Å². The molecule has 3 nitrogen and oxygen atoms in total. The van der Waals surface area contributed by atoms with Gasteiger partial charge in [-0.05, 0) is 49.4 Å². The molecular formula is C16H23N3S. The highest BCUT2D eigenvalue weighted by Gasteiger charge is 2.25. The maximum atomic E-state index is 4.66. The average molecular weight is 289 g/mol. The van der Waals surface area contributed by atoms with Gasteiger partial charge in [-0.1, -0.05) is 12.8 Å². The molecule has 0 radical (unpaired) electrons. The van der Waals surface area contributed by atoms with Crippen LogP contribution >= 0.6 is 11.3 Å². The largest absolute Gasteiger partial charge is 0.290 e. The van der Waals surface area contributed by atoms with E-state index in [1.165, 1.54) is 48.4 Å². The van der Waals surface area contributed by atoms with Crippen molar-refractivity contribution >= 4 is 11.3 Å². The first-order valence-corrected chi connectivity index (χ1v) is 8.38. The van der Waals surface area contributed by atoms with Crippen LogP contribution in [0.4, 0.5) is 0 Å². The summed E-state index contributed by atoms with van der Waals surface area (Å²) in [4.78, 5) is 4.14. The number of rotatable bonds is 3. The Morgan fingerprint density at radius 1 is 1.30 bits per heavy atom. The molecule has 1 saturated heterocycles. The Morgan fingerprint density at radius 3 is 2.90 bits per heavy atom. The number of aryl methyl sites for hydroxylation is 2.